The highest BCUT2D eigenvalue weighted by Crippen LogP contribution is 2.37. The summed E-state index contributed by atoms with van der Waals surface area (Å²) in [5, 5.41) is 6.71. The van der Waals surface area contributed by atoms with E-state index in [0.717, 1.165) is 5.56 Å². The Morgan fingerprint density at radius 2 is 1.88 bits per heavy atom. The Morgan fingerprint density at radius 1 is 1.16 bits per heavy atom. The fourth-order valence-corrected chi connectivity index (χ4v) is 2.32. The number of anilines is 1. The minimum Gasteiger partial charge on any atom is -0.372 e. The quantitative estimate of drug-likeness (QED) is 0.742. The van der Waals surface area contributed by atoms with E-state index in [4.69, 9.17) is 9.26 Å². The van der Waals surface area contributed by atoms with Crippen molar-refractivity contribution in [2.24, 2.45) is 0 Å². The van der Waals surface area contributed by atoms with Crippen molar-refractivity contribution in [3.05, 3.63) is 54.6 Å². The van der Waals surface area contributed by atoms with E-state index < -0.39 is 0 Å². The molecule has 128 valence electrons. The maximum Gasteiger partial charge on any atom is 0.252 e. The zero-order valence-corrected chi connectivity index (χ0v) is 13.5. The third-order valence-electron chi connectivity index (χ3n) is 3.47. The Hall–Kier alpha value is -3.06. The maximum absolute atomic E-state index is 13.2. The summed E-state index contributed by atoms with van der Waals surface area (Å²) in [7, 11) is 0. The molecular weight excluding hydrogens is 325 g/mol. The van der Waals surface area contributed by atoms with Crippen molar-refractivity contribution in [2.45, 2.75) is 6.92 Å². The zero-order chi connectivity index (χ0) is 17.6. The Morgan fingerprint density at radius 3 is 2.56 bits per heavy atom. The molecule has 7 heteroatoms. The summed E-state index contributed by atoms with van der Waals surface area (Å²) in [6.45, 7) is 2.15. The molecule has 2 aromatic heterocycles. The molecule has 3 aromatic rings. The van der Waals surface area contributed by atoms with Gasteiger partial charge >= 0.3 is 0 Å². The summed E-state index contributed by atoms with van der Waals surface area (Å²) in [6, 6.07) is 9.43. The number of hydrogen-bond acceptors (Lipinski definition) is 5. The predicted octanol–water partition coefficient (Wildman–Crippen LogP) is 3.52. The van der Waals surface area contributed by atoms with Crippen LogP contribution in [0.1, 0.15) is 6.92 Å². The molecular formula is C18H16FN3O3. The van der Waals surface area contributed by atoms with Gasteiger partial charge in [0.05, 0.1) is 5.56 Å². The van der Waals surface area contributed by atoms with Gasteiger partial charge in [-0.25, -0.2) is 4.39 Å². The lowest BCUT2D eigenvalue weighted by Gasteiger charge is -2.06. The molecule has 0 spiro atoms. The van der Waals surface area contributed by atoms with Gasteiger partial charge in [-0.2, -0.15) is 0 Å². The fourth-order valence-electron chi connectivity index (χ4n) is 2.32. The van der Waals surface area contributed by atoms with Crippen molar-refractivity contribution in [1.29, 1.82) is 0 Å². The van der Waals surface area contributed by atoms with Gasteiger partial charge in [0.25, 0.3) is 5.91 Å². The van der Waals surface area contributed by atoms with Crippen LogP contribution in [0.4, 0.5) is 10.3 Å². The van der Waals surface area contributed by atoms with Crippen LogP contribution < -0.4 is 5.32 Å². The Labute approximate surface area is 143 Å². The number of rotatable bonds is 6. The molecule has 0 bridgehead atoms. The number of carbonyl (C=O) groups excluding carboxylic acids is 1. The second kappa shape index (κ2) is 7.67. The highest BCUT2D eigenvalue weighted by atomic mass is 19.1. The Bertz CT molecular complexity index is 848. The molecule has 2 heterocycles. The number of nitrogens with one attached hydrogen (secondary N) is 1. The van der Waals surface area contributed by atoms with E-state index in [1.165, 1.54) is 12.1 Å². The van der Waals surface area contributed by atoms with Crippen molar-refractivity contribution >= 4 is 11.8 Å². The van der Waals surface area contributed by atoms with E-state index in [2.05, 4.69) is 15.5 Å². The van der Waals surface area contributed by atoms with Crippen molar-refractivity contribution in [3.8, 4) is 22.4 Å². The van der Waals surface area contributed by atoms with E-state index in [1.807, 2.05) is 0 Å². The van der Waals surface area contributed by atoms with Crippen molar-refractivity contribution in [1.82, 2.24) is 10.1 Å². The summed E-state index contributed by atoms with van der Waals surface area (Å²) in [5.74, 6) is -0.489. The molecule has 1 N–H and O–H groups in total. The van der Waals surface area contributed by atoms with Crippen LogP contribution in [0.3, 0.4) is 0 Å². The van der Waals surface area contributed by atoms with E-state index in [0.29, 0.717) is 23.4 Å². The molecule has 0 unspecified atom stereocenters. The Kier molecular flexibility index (Phi) is 5.15. The van der Waals surface area contributed by atoms with Crippen LogP contribution in [-0.2, 0) is 9.53 Å². The zero-order valence-electron chi connectivity index (χ0n) is 13.5. The molecule has 0 saturated heterocycles. The summed E-state index contributed by atoms with van der Waals surface area (Å²) < 4.78 is 23.6. The first-order valence-electron chi connectivity index (χ1n) is 7.72. The van der Waals surface area contributed by atoms with Gasteiger partial charge in [0.15, 0.2) is 0 Å². The van der Waals surface area contributed by atoms with Crippen LogP contribution in [0, 0.1) is 5.82 Å². The van der Waals surface area contributed by atoms with Crippen LogP contribution in [0.5, 0.6) is 0 Å². The summed E-state index contributed by atoms with van der Waals surface area (Å²) in [4.78, 5) is 16.0. The van der Waals surface area contributed by atoms with Crippen LogP contribution >= 0.6 is 0 Å². The number of nitrogens with zero attached hydrogens (tertiary/aromatic N) is 2. The van der Waals surface area contributed by atoms with Crippen molar-refractivity contribution in [2.75, 3.05) is 18.5 Å². The largest absolute Gasteiger partial charge is 0.372 e. The second-order valence-corrected chi connectivity index (χ2v) is 5.16. The topological polar surface area (TPSA) is 77.2 Å². The van der Waals surface area contributed by atoms with Gasteiger partial charge < -0.3 is 9.26 Å². The molecule has 0 atom stereocenters. The molecule has 25 heavy (non-hydrogen) atoms. The van der Waals surface area contributed by atoms with Gasteiger partial charge in [-0.3, -0.25) is 15.1 Å². The van der Waals surface area contributed by atoms with Crippen LogP contribution in [0.25, 0.3) is 22.4 Å². The average Bonchev–Trinajstić information content (AvgIpc) is 3.04. The first-order valence-corrected chi connectivity index (χ1v) is 7.72. The number of amides is 1. The van der Waals surface area contributed by atoms with Gasteiger partial charge in [-0.05, 0) is 48.9 Å². The van der Waals surface area contributed by atoms with E-state index >= 15 is 0 Å². The van der Waals surface area contributed by atoms with Crippen molar-refractivity contribution in [3.63, 3.8) is 0 Å². The summed E-state index contributed by atoms with van der Waals surface area (Å²) >= 11 is 0. The number of ether oxygens (including phenoxy) is 1. The van der Waals surface area contributed by atoms with Gasteiger partial charge in [-0.1, -0.05) is 5.16 Å². The van der Waals surface area contributed by atoms with Crippen LogP contribution in [-0.4, -0.2) is 29.3 Å². The molecule has 3 rings (SSSR count). The predicted molar refractivity (Wildman–Crippen MR) is 90.3 cm³/mol. The SMILES string of the molecule is CCOCC(=O)Nc1onc(-c2ccc(F)cc2)c1-c1ccncc1. The third kappa shape index (κ3) is 3.89. The van der Waals surface area contributed by atoms with E-state index in [-0.39, 0.29) is 24.2 Å². The summed E-state index contributed by atoms with van der Waals surface area (Å²) in [6.07, 6.45) is 3.26. The molecule has 0 radical (unpaired) electrons. The summed E-state index contributed by atoms with van der Waals surface area (Å²) in [5.41, 5.74) is 2.53. The van der Waals surface area contributed by atoms with E-state index in [9.17, 15) is 9.18 Å². The van der Waals surface area contributed by atoms with Crippen LogP contribution in [0.15, 0.2) is 53.3 Å². The van der Waals surface area contributed by atoms with Gasteiger partial charge in [0, 0.05) is 24.6 Å². The average molecular weight is 341 g/mol. The molecule has 0 fully saturated rings. The first kappa shape index (κ1) is 16.8. The highest BCUT2D eigenvalue weighted by molar-refractivity contribution is 5.97. The number of hydrogen-bond donors (Lipinski definition) is 1. The lowest BCUT2D eigenvalue weighted by molar-refractivity contribution is -0.120. The van der Waals surface area contributed by atoms with Gasteiger partial charge in [-0.15, -0.1) is 0 Å². The smallest absolute Gasteiger partial charge is 0.252 e. The fraction of sp³-hybridized carbons (Fsp3) is 0.167. The molecule has 0 aliphatic carbocycles. The van der Waals surface area contributed by atoms with E-state index in [1.54, 1.807) is 43.6 Å². The standard InChI is InChI=1S/C18H16FN3O3/c1-2-24-11-15(23)21-18-16(12-7-9-20-10-8-12)17(22-25-18)13-3-5-14(19)6-4-13/h3-10H,2,11H2,1H3,(H,21,23). The monoisotopic (exact) mass is 341 g/mol. The highest BCUT2D eigenvalue weighted by Gasteiger charge is 2.21. The number of pyridine rings is 1. The Balaban J connectivity index is 2.01. The number of carbonyl (C=O) groups is 1. The number of benzene rings is 1. The maximum atomic E-state index is 13.2. The van der Waals surface area contributed by atoms with Gasteiger partial charge in [0.2, 0.25) is 5.88 Å². The number of halogens is 1. The lowest BCUT2D eigenvalue weighted by atomic mass is 10.0. The van der Waals surface area contributed by atoms with Crippen molar-refractivity contribution < 1.29 is 18.4 Å². The molecule has 1 amide bonds. The number of aromatic nitrogens is 2. The normalized spacial score (nSPS) is 10.6. The lowest BCUT2D eigenvalue weighted by Crippen LogP contribution is -2.18. The molecule has 0 aliphatic heterocycles. The van der Waals surface area contributed by atoms with Crippen LogP contribution in [0.2, 0.25) is 0 Å². The molecule has 0 saturated carbocycles. The molecule has 1 aromatic carbocycles. The second-order valence-electron chi connectivity index (χ2n) is 5.16. The third-order valence-corrected chi connectivity index (χ3v) is 3.47. The minimum absolute atomic E-state index is 0.0845. The first-order chi connectivity index (χ1) is 12.2. The van der Waals surface area contributed by atoms with Gasteiger partial charge in [0.1, 0.15) is 18.1 Å². The molecule has 0 aliphatic rings. The minimum atomic E-state index is -0.348. The molecule has 6 nitrogen and oxygen atoms in total.